The van der Waals surface area contributed by atoms with Crippen LogP contribution in [-0.4, -0.2) is 10.7 Å². The quantitative estimate of drug-likeness (QED) is 0.621. The van der Waals surface area contributed by atoms with Crippen LogP contribution < -0.4 is 0 Å². The van der Waals surface area contributed by atoms with Crippen LogP contribution in [0.5, 0.6) is 0 Å². The molecule has 0 aromatic heterocycles. The number of allylic oxidation sites excluding steroid dienone is 1. The van der Waals surface area contributed by atoms with Crippen LogP contribution >= 0.6 is 0 Å². The van der Waals surface area contributed by atoms with Crippen LogP contribution in [0.4, 0.5) is 0 Å². The van der Waals surface area contributed by atoms with Gasteiger partial charge in [0.25, 0.3) is 0 Å². The van der Waals surface area contributed by atoms with Crippen molar-refractivity contribution in [3.05, 3.63) is 47.0 Å². The maximum atomic E-state index is 11.9. The zero-order chi connectivity index (χ0) is 18.8. The minimum Gasteiger partial charge on any atom is -0.389 e. The molecule has 146 valence electrons. The first-order valence-electron chi connectivity index (χ1n) is 11.4. The lowest BCUT2D eigenvalue weighted by molar-refractivity contribution is -0.126. The third kappa shape index (κ3) is 2.40. The number of hydrogen-bond donors (Lipinski definition) is 1. The van der Waals surface area contributed by atoms with E-state index in [0.717, 1.165) is 30.6 Å². The van der Waals surface area contributed by atoms with Crippen molar-refractivity contribution in [3.63, 3.8) is 0 Å². The normalized spacial score (nSPS) is 45.0. The van der Waals surface area contributed by atoms with Gasteiger partial charge in [-0.15, -0.1) is 0 Å². The monoisotopic (exact) mass is 364 g/mol. The SMILES string of the molecule is CCCC1Cc2cc(C)ccc2C2CC[C@@]3(C)C(C[C@H]4CC=CC[C@]43O)C12. The smallest absolute Gasteiger partial charge is 0.0769 e. The Bertz CT molecular complexity index is 763. The molecule has 0 radical (unpaired) electrons. The standard InChI is InChI=1S/C26H36O/c1-4-7-18-15-19-14-17(2)9-10-21(19)22-11-13-25(3)23(24(18)22)16-20-8-5-6-12-26(20,25)27/h5-6,9-10,14,18,20,22-24,27H,4,7-8,11-13,15-16H2,1-3H3/t18?,20-,22?,23?,24?,25+,26+/m1/s1. The molecule has 0 heterocycles. The Kier molecular flexibility index (Phi) is 4.14. The predicted molar refractivity (Wildman–Crippen MR) is 112 cm³/mol. The van der Waals surface area contributed by atoms with Gasteiger partial charge in [0, 0.05) is 5.41 Å². The van der Waals surface area contributed by atoms with Crippen LogP contribution in [0.15, 0.2) is 30.4 Å². The Labute approximate surface area is 165 Å². The summed E-state index contributed by atoms with van der Waals surface area (Å²) in [5, 5.41) is 11.9. The van der Waals surface area contributed by atoms with Crippen LogP contribution in [0.3, 0.4) is 0 Å². The number of hydrogen-bond acceptors (Lipinski definition) is 1. The molecular formula is C26H36O. The van der Waals surface area contributed by atoms with E-state index in [-0.39, 0.29) is 5.41 Å². The van der Waals surface area contributed by atoms with Gasteiger partial charge in [-0.1, -0.05) is 62.6 Å². The Morgan fingerprint density at radius 2 is 2.07 bits per heavy atom. The summed E-state index contributed by atoms with van der Waals surface area (Å²) < 4.78 is 0. The van der Waals surface area contributed by atoms with Crippen molar-refractivity contribution in [1.82, 2.24) is 0 Å². The molecule has 1 nitrogen and oxygen atoms in total. The van der Waals surface area contributed by atoms with Gasteiger partial charge in [0.1, 0.15) is 0 Å². The van der Waals surface area contributed by atoms with E-state index in [2.05, 4.69) is 51.1 Å². The molecule has 27 heavy (non-hydrogen) atoms. The second-order valence-corrected chi connectivity index (χ2v) is 10.5. The van der Waals surface area contributed by atoms with Crippen LogP contribution in [0.1, 0.15) is 81.4 Å². The summed E-state index contributed by atoms with van der Waals surface area (Å²) in [6.07, 6.45) is 14.2. The topological polar surface area (TPSA) is 20.2 Å². The molecule has 0 bridgehead atoms. The van der Waals surface area contributed by atoms with Gasteiger partial charge in [0.05, 0.1) is 5.60 Å². The third-order valence-corrected chi connectivity index (χ3v) is 9.33. The van der Waals surface area contributed by atoms with Crippen LogP contribution in [-0.2, 0) is 6.42 Å². The molecule has 0 aliphatic heterocycles. The van der Waals surface area contributed by atoms with E-state index in [1.165, 1.54) is 44.1 Å². The molecule has 7 atom stereocenters. The molecule has 0 amide bonds. The molecule has 0 saturated heterocycles. The lowest BCUT2D eigenvalue weighted by Crippen LogP contribution is -2.54. The molecular weight excluding hydrogens is 328 g/mol. The first kappa shape index (κ1) is 18.0. The minimum atomic E-state index is -0.457. The Morgan fingerprint density at radius 3 is 2.89 bits per heavy atom. The molecule has 1 aromatic rings. The first-order chi connectivity index (χ1) is 13.0. The van der Waals surface area contributed by atoms with Crippen molar-refractivity contribution < 1.29 is 5.11 Å². The van der Waals surface area contributed by atoms with Crippen LogP contribution in [0.25, 0.3) is 0 Å². The van der Waals surface area contributed by atoms with E-state index in [9.17, 15) is 5.11 Å². The summed E-state index contributed by atoms with van der Waals surface area (Å²) in [7, 11) is 0. The van der Waals surface area contributed by atoms with Crippen molar-refractivity contribution in [1.29, 1.82) is 0 Å². The third-order valence-electron chi connectivity index (χ3n) is 9.33. The maximum absolute atomic E-state index is 11.9. The van der Waals surface area contributed by atoms with Crippen LogP contribution in [0.2, 0.25) is 0 Å². The summed E-state index contributed by atoms with van der Waals surface area (Å²) in [5.41, 5.74) is 4.35. The predicted octanol–water partition coefficient (Wildman–Crippen LogP) is 6.18. The zero-order valence-electron chi connectivity index (χ0n) is 17.4. The van der Waals surface area contributed by atoms with Crippen molar-refractivity contribution >= 4 is 0 Å². The first-order valence-corrected chi connectivity index (χ1v) is 11.4. The Hall–Kier alpha value is -1.08. The lowest BCUT2D eigenvalue weighted by atomic mass is 9.50. The highest BCUT2D eigenvalue weighted by molar-refractivity contribution is 5.39. The summed E-state index contributed by atoms with van der Waals surface area (Å²) >= 11 is 0. The van der Waals surface area contributed by atoms with Gasteiger partial charge in [0.15, 0.2) is 0 Å². The molecule has 1 N–H and O–H groups in total. The van der Waals surface area contributed by atoms with E-state index in [0.29, 0.717) is 11.8 Å². The van der Waals surface area contributed by atoms with E-state index in [4.69, 9.17) is 0 Å². The number of rotatable bonds is 2. The van der Waals surface area contributed by atoms with E-state index < -0.39 is 5.60 Å². The lowest BCUT2D eigenvalue weighted by Gasteiger charge is -2.56. The highest BCUT2D eigenvalue weighted by Gasteiger charge is 2.66. The molecule has 1 aromatic carbocycles. The van der Waals surface area contributed by atoms with Gasteiger partial charge in [-0.05, 0) is 86.2 Å². The van der Waals surface area contributed by atoms with Gasteiger partial charge in [-0.25, -0.2) is 0 Å². The summed E-state index contributed by atoms with van der Waals surface area (Å²) in [6, 6.07) is 7.25. The van der Waals surface area contributed by atoms with Crippen LogP contribution in [0, 0.1) is 36.0 Å². The van der Waals surface area contributed by atoms with Gasteiger partial charge >= 0.3 is 0 Å². The highest BCUT2D eigenvalue weighted by Crippen LogP contribution is 2.68. The van der Waals surface area contributed by atoms with Gasteiger partial charge in [-0.2, -0.15) is 0 Å². The molecule has 4 aliphatic carbocycles. The van der Waals surface area contributed by atoms with E-state index in [1.54, 1.807) is 11.1 Å². The fourth-order valence-corrected chi connectivity index (χ4v) is 8.05. The number of benzene rings is 1. The summed E-state index contributed by atoms with van der Waals surface area (Å²) in [6.45, 7) is 7.05. The molecule has 5 rings (SSSR count). The number of fused-ring (bicyclic) bond motifs is 7. The van der Waals surface area contributed by atoms with Crippen molar-refractivity contribution in [3.8, 4) is 0 Å². The van der Waals surface area contributed by atoms with Gasteiger partial charge in [-0.3, -0.25) is 0 Å². The minimum absolute atomic E-state index is 0.109. The van der Waals surface area contributed by atoms with Crippen molar-refractivity contribution in [2.24, 2.45) is 29.1 Å². The molecule has 1 heteroatoms. The average Bonchev–Trinajstić information content (AvgIpc) is 2.89. The Morgan fingerprint density at radius 1 is 1.22 bits per heavy atom. The molecule has 2 fully saturated rings. The fourth-order valence-electron chi connectivity index (χ4n) is 8.05. The second kappa shape index (κ2) is 6.21. The zero-order valence-corrected chi connectivity index (χ0v) is 17.4. The van der Waals surface area contributed by atoms with E-state index >= 15 is 0 Å². The van der Waals surface area contributed by atoms with Crippen molar-refractivity contribution in [2.75, 3.05) is 0 Å². The maximum Gasteiger partial charge on any atom is 0.0769 e. The van der Waals surface area contributed by atoms with Crippen molar-refractivity contribution in [2.45, 2.75) is 83.7 Å². The van der Waals surface area contributed by atoms with E-state index in [1.807, 2.05) is 0 Å². The average molecular weight is 365 g/mol. The number of aryl methyl sites for hydroxylation is 1. The molecule has 4 unspecified atom stereocenters. The molecule has 2 saturated carbocycles. The van der Waals surface area contributed by atoms with Gasteiger partial charge < -0.3 is 5.11 Å². The second-order valence-electron chi connectivity index (χ2n) is 10.5. The summed E-state index contributed by atoms with van der Waals surface area (Å²) in [5.74, 6) is 3.47. The fraction of sp³-hybridized carbons (Fsp3) is 0.692. The number of aliphatic hydroxyl groups is 1. The Balaban J connectivity index is 1.58. The molecule has 4 aliphatic rings. The summed E-state index contributed by atoms with van der Waals surface area (Å²) in [4.78, 5) is 0. The largest absolute Gasteiger partial charge is 0.389 e. The van der Waals surface area contributed by atoms with Gasteiger partial charge in [0.2, 0.25) is 0 Å². The molecule has 0 spiro atoms. The highest BCUT2D eigenvalue weighted by atomic mass is 16.3.